The summed E-state index contributed by atoms with van der Waals surface area (Å²) >= 11 is 5.99. The van der Waals surface area contributed by atoms with Crippen molar-refractivity contribution in [1.29, 1.82) is 0 Å². The molecule has 0 amide bonds. The Bertz CT molecular complexity index is 376. The number of likely N-dealkylation sites (N-methyl/N-ethyl adjacent to an activating group) is 1. The second kappa shape index (κ2) is 5.74. The second-order valence-electron chi connectivity index (χ2n) is 4.72. The fourth-order valence-corrected chi connectivity index (χ4v) is 2.13. The third-order valence-corrected chi connectivity index (χ3v) is 3.64. The molecule has 2 nitrogen and oxygen atoms in total. The van der Waals surface area contributed by atoms with Gasteiger partial charge in [-0.05, 0) is 56.0 Å². The fourth-order valence-electron chi connectivity index (χ4n) is 2.02. The second-order valence-corrected chi connectivity index (χ2v) is 5.13. The molecule has 1 aliphatic rings. The molecule has 0 aromatic heterocycles. The average Bonchev–Trinajstić information content (AvgIpc) is 3.13. The van der Waals surface area contributed by atoms with Crippen LogP contribution >= 0.6 is 11.6 Å². The number of nitrogens with one attached hydrogen (secondary N) is 1. The summed E-state index contributed by atoms with van der Waals surface area (Å²) in [5.74, 6) is 1.72. The Kier molecular flexibility index (Phi) is 4.30. The fraction of sp³-hybridized carbons (Fsp3) is 0.571. The summed E-state index contributed by atoms with van der Waals surface area (Å²) < 4.78 is 5.84. The van der Waals surface area contributed by atoms with E-state index in [1.807, 2.05) is 25.1 Å². The van der Waals surface area contributed by atoms with E-state index in [1.54, 1.807) is 0 Å². The molecule has 1 saturated carbocycles. The van der Waals surface area contributed by atoms with E-state index < -0.39 is 0 Å². The largest absolute Gasteiger partial charge is 0.492 e. The van der Waals surface area contributed by atoms with Crippen LogP contribution in [-0.2, 0) is 0 Å². The molecule has 1 aromatic carbocycles. The third kappa shape index (κ3) is 3.62. The summed E-state index contributed by atoms with van der Waals surface area (Å²) in [6, 6.07) is 6.32. The molecular weight excluding hydrogens is 234 g/mol. The summed E-state index contributed by atoms with van der Waals surface area (Å²) in [5, 5.41) is 4.28. The SMILES string of the molecule is CCNC(COc1ccc(Cl)c(C)c1)C1CC1. The van der Waals surface area contributed by atoms with Gasteiger partial charge in [0.15, 0.2) is 0 Å². The first-order valence-electron chi connectivity index (χ1n) is 6.33. The zero-order valence-corrected chi connectivity index (χ0v) is 11.3. The van der Waals surface area contributed by atoms with Gasteiger partial charge in [-0.25, -0.2) is 0 Å². The van der Waals surface area contributed by atoms with Crippen molar-refractivity contribution in [3.8, 4) is 5.75 Å². The minimum Gasteiger partial charge on any atom is -0.492 e. The van der Waals surface area contributed by atoms with E-state index in [9.17, 15) is 0 Å². The van der Waals surface area contributed by atoms with E-state index in [-0.39, 0.29) is 0 Å². The number of rotatable bonds is 6. The van der Waals surface area contributed by atoms with E-state index in [0.717, 1.165) is 35.4 Å². The van der Waals surface area contributed by atoms with Gasteiger partial charge in [-0.3, -0.25) is 0 Å². The van der Waals surface area contributed by atoms with Crippen molar-refractivity contribution >= 4 is 11.6 Å². The van der Waals surface area contributed by atoms with Gasteiger partial charge >= 0.3 is 0 Å². The predicted molar refractivity (Wildman–Crippen MR) is 71.9 cm³/mol. The topological polar surface area (TPSA) is 21.3 Å². The van der Waals surface area contributed by atoms with Gasteiger partial charge in [0.05, 0.1) is 0 Å². The van der Waals surface area contributed by atoms with Crippen LogP contribution in [0.25, 0.3) is 0 Å². The van der Waals surface area contributed by atoms with Crippen LogP contribution in [0, 0.1) is 12.8 Å². The van der Waals surface area contributed by atoms with Gasteiger partial charge in [0, 0.05) is 11.1 Å². The molecule has 94 valence electrons. The Morgan fingerprint density at radius 2 is 2.24 bits per heavy atom. The first kappa shape index (κ1) is 12.7. The lowest BCUT2D eigenvalue weighted by Gasteiger charge is -2.18. The molecule has 1 atom stereocenters. The van der Waals surface area contributed by atoms with Gasteiger partial charge in [0.25, 0.3) is 0 Å². The Labute approximate surface area is 108 Å². The molecule has 1 fully saturated rings. The van der Waals surface area contributed by atoms with Gasteiger partial charge < -0.3 is 10.1 Å². The number of benzene rings is 1. The van der Waals surface area contributed by atoms with Gasteiger partial charge in [-0.2, -0.15) is 0 Å². The first-order valence-corrected chi connectivity index (χ1v) is 6.71. The summed E-state index contributed by atoms with van der Waals surface area (Å²) in [6.07, 6.45) is 2.67. The van der Waals surface area contributed by atoms with Gasteiger partial charge in [0.2, 0.25) is 0 Å². The smallest absolute Gasteiger partial charge is 0.119 e. The van der Waals surface area contributed by atoms with Crippen LogP contribution in [-0.4, -0.2) is 19.2 Å². The Hall–Kier alpha value is -0.730. The molecule has 1 N–H and O–H groups in total. The third-order valence-electron chi connectivity index (χ3n) is 3.22. The maximum absolute atomic E-state index is 5.99. The molecule has 0 aliphatic heterocycles. The van der Waals surface area contributed by atoms with Crippen molar-refractivity contribution in [3.63, 3.8) is 0 Å². The Morgan fingerprint density at radius 3 is 2.82 bits per heavy atom. The minimum atomic E-state index is 0.496. The lowest BCUT2D eigenvalue weighted by Crippen LogP contribution is -2.36. The molecule has 1 unspecified atom stereocenters. The highest BCUT2D eigenvalue weighted by Gasteiger charge is 2.30. The van der Waals surface area contributed by atoms with Crippen LogP contribution in [0.1, 0.15) is 25.3 Å². The molecule has 0 heterocycles. The highest BCUT2D eigenvalue weighted by atomic mass is 35.5. The molecule has 0 bridgehead atoms. The highest BCUT2D eigenvalue weighted by Crippen LogP contribution is 2.33. The molecule has 0 spiro atoms. The van der Waals surface area contributed by atoms with E-state index in [1.165, 1.54) is 12.8 Å². The lowest BCUT2D eigenvalue weighted by atomic mass is 10.2. The van der Waals surface area contributed by atoms with Crippen molar-refractivity contribution < 1.29 is 4.74 Å². The summed E-state index contributed by atoms with van der Waals surface area (Å²) in [7, 11) is 0. The van der Waals surface area contributed by atoms with Crippen LogP contribution in [0.2, 0.25) is 5.02 Å². The van der Waals surface area contributed by atoms with Crippen LogP contribution < -0.4 is 10.1 Å². The van der Waals surface area contributed by atoms with Crippen molar-refractivity contribution in [1.82, 2.24) is 5.32 Å². The van der Waals surface area contributed by atoms with Gasteiger partial charge in [-0.1, -0.05) is 18.5 Å². The molecule has 0 saturated heterocycles. The maximum Gasteiger partial charge on any atom is 0.119 e. The number of hydrogen-bond donors (Lipinski definition) is 1. The molecule has 2 rings (SSSR count). The minimum absolute atomic E-state index is 0.496. The van der Waals surface area contributed by atoms with Crippen LogP contribution in [0.4, 0.5) is 0 Å². The number of hydrogen-bond acceptors (Lipinski definition) is 2. The van der Waals surface area contributed by atoms with Crippen LogP contribution in [0.15, 0.2) is 18.2 Å². The highest BCUT2D eigenvalue weighted by molar-refractivity contribution is 6.31. The normalized spacial score (nSPS) is 16.9. The summed E-state index contributed by atoms with van der Waals surface area (Å²) in [6.45, 7) is 5.89. The molecule has 1 aliphatic carbocycles. The standard InChI is InChI=1S/C14H20ClNO/c1-3-16-14(11-4-5-11)9-17-12-6-7-13(15)10(2)8-12/h6-8,11,14,16H,3-5,9H2,1-2H3. The van der Waals surface area contributed by atoms with E-state index in [2.05, 4.69) is 12.2 Å². The maximum atomic E-state index is 5.99. The van der Waals surface area contributed by atoms with Crippen molar-refractivity contribution in [2.24, 2.45) is 5.92 Å². The van der Waals surface area contributed by atoms with Crippen LogP contribution in [0.3, 0.4) is 0 Å². The Balaban J connectivity index is 1.89. The van der Waals surface area contributed by atoms with E-state index in [0.29, 0.717) is 6.04 Å². The molecule has 3 heteroatoms. The zero-order valence-electron chi connectivity index (χ0n) is 10.5. The predicted octanol–water partition coefficient (Wildman–Crippen LogP) is 3.42. The average molecular weight is 254 g/mol. The van der Waals surface area contributed by atoms with E-state index in [4.69, 9.17) is 16.3 Å². The Morgan fingerprint density at radius 1 is 1.47 bits per heavy atom. The molecule has 0 radical (unpaired) electrons. The number of halogens is 1. The van der Waals surface area contributed by atoms with Crippen molar-refractivity contribution in [2.75, 3.05) is 13.2 Å². The van der Waals surface area contributed by atoms with Crippen molar-refractivity contribution in [2.45, 2.75) is 32.7 Å². The summed E-state index contributed by atoms with van der Waals surface area (Å²) in [5.41, 5.74) is 1.07. The number of aryl methyl sites for hydroxylation is 1. The van der Waals surface area contributed by atoms with Gasteiger partial charge in [-0.15, -0.1) is 0 Å². The monoisotopic (exact) mass is 253 g/mol. The first-order chi connectivity index (χ1) is 8.20. The zero-order chi connectivity index (χ0) is 12.3. The van der Waals surface area contributed by atoms with Gasteiger partial charge in [0.1, 0.15) is 12.4 Å². The van der Waals surface area contributed by atoms with Crippen LogP contribution in [0.5, 0.6) is 5.75 Å². The summed E-state index contributed by atoms with van der Waals surface area (Å²) in [4.78, 5) is 0. The quantitative estimate of drug-likeness (QED) is 0.839. The lowest BCUT2D eigenvalue weighted by molar-refractivity contribution is 0.251. The molecule has 17 heavy (non-hydrogen) atoms. The number of ether oxygens (including phenoxy) is 1. The van der Waals surface area contributed by atoms with E-state index >= 15 is 0 Å². The molecular formula is C14H20ClNO. The molecule has 1 aromatic rings. The van der Waals surface area contributed by atoms with Crippen molar-refractivity contribution in [3.05, 3.63) is 28.8 Å².